The number of halogens is 1. The molecular weight excluding hydrogens is 314 g/mol. The SMILES string of the molecule is O=C(Nc1ccc(Br)c2ccccc12)C1CCCCC1. The number of rotatable bonds is 2. The van der Waals surface area contributed by atoms with Crippen LogP contribution in [0.1, 0.15) is 32.1 Å². The van der Waals surface area contributed by atoms with Gasteiger partial charge in [0.1, 0.15) is 0 Å². The molecule has 2 aromatic carbocycles. The average Bonchev–Trinajstić information content (AvgIpc) is 2.51. The molecule has 0 bridgehead atoms. The third kappa shape index (κ3) is 2.73. The minimum Gasteiger partial charge on any atom is -0.325 e. The highest BCUT2D eigenvalue weighted by Gasteiger charge is 2.21. The molecule has 3 rings (SSSR count). The van der Waals surface area contributed by atoms with Crippen molar-refractivity contribution >= 4 is 38.3 Å². The maximum absolute atomic E-state index is 12.4. The maximum Gasteiger partial charge on any atom is 0.227 e. The van der Waals surface area contributed by atoms with E-state index in [2.05, 4.69) is 33.4 Å². The van der Waals surface area contributed by atoms with E-state index in [0.29, 0.717) is 0 Å². The molecule has 104 valence electrons. The fourth-order valence-electron chi connectivity index (χ4n) is 2.97. The van der Waals surface area contributed by atoms with Crippen LogP contribution in [-0.2, 0) is 4.79 Å². The van der Waals surface area contributed by atoms with E-state index < -0.39 is 0 Å². The highest BCUT2D eigenvalue weighted by molar-refractivity contribution is 9.10. The minimum atomic E-state index is 0.178. The van der Waals surface area contributed by atoms with Gasteiger partial charge in [0, 0.05) is 21.5 Å². The third-order valence-electron chi connectivity index (χ3n) is 4.10. The predicted molar refractivity (Wildman–Crippen MR) is 86.9 cm³/mol. The topological polar surface area (TPSA) is 29.1 Å². The smallest absolute Gasteiger partial charge is 0.227 e. The summed E-state index contributed by atoms with van der Waals surface area (Å²) in [6, 6.07) is 12.1. The molecular formula is C17H18BrNO. The zero-order valence-corrected chi connectivity index (χ0v) is 12.9. The van der Waals surface area contributed by atoms with Gasteiger partial charge in [0.05, 0.1) is 0 Å². The molecule has 1 aliphatic carbocycles. The van der Waals surface area contributed by atoms with E-state index in [1.165, 1.54) is 19.3 Å². The van der Waals surface area contributed by atoms with E-state index in [1.54, 1.807) is 0 Å². The molecule has 2 aromatic rings. The first-order valence-electron chi connectivity index (χ1n) is 7.24. The normalized spacial score (nSPS) is 16.2. The Balaban J connectivity index is 1.87. The lowest BCUT2D eigenvalue weighted by molar-refractivity contribution is -0.120. The van der Waals surface area contributed by atoms with Gasteiger partial charge >= 0.3 is 0 Å². The van der Waals surface area contributed by atoms with Crippen LogP contribution >= 0.6 is 15.9 Å². The number of benzene rings is 2. The van der Waals surface area contributed by atoms with Gasteiger partial charge in [0.15, 0.2) is 0 Å². The molecule has 1 N–H and O–H groups in total. The van der Waals surface area contributed by atoms with Crippen molar-refractivity contribution in [3.8, 4) is 0 Å². The fraction of sp³-hybridized carbons (Fsp3) is 0.353. The van der Waals surface area contributed by atoms with Crippen LogP contribution in [0, 0.1) is 5.92 Å². The molecule has 0 aliphatic heterocycles. The number of carbonyl (C=O) groups excluding carboxylic acids is 1. The quantitative estimate of drug-likeness (QED) is 0.812. The molecule has 1 fully saturated rings. The first-order chi connectivity index (χ1) is 9.75. The van der Waals surface area contributed by atoms with Crippen LogP contribution in [0.3, 0.4) is 0 Å². The Hall–Kier alpha value is -1.35. The van der Waals surface area contributed by atoms with Gasteiger partial charge in [0.2, 0.25) is 5.91 Å². The largest absolute Gasteiger partial charge is 0.325 e. The molecule has 20 heavy (non-hydrogen) atoms. The van der Waals surface area contributed by atoms with Crippen LogP contribution in [0.2, 0.25) is 0 Å². The Labute approximate surface area is 127 Å². The third-order valence-corrected chi connectivity index (χ3v) is 4.80. The van der Waals surface area contributed by atoms with Gasteiger partial charge in [0.25, 0.3) is 0 Å². The number of hydrogen-bond acceptors (Lipinski definition) is 1. The molecule has 0 radical (unpaired) electrons. The second-order valence-electron chi connectivity index (χ2n) is 5.46. The van der Waals surface area contributed by atoms with E-state index >= 15 is 0 Å². The number of hydrogen-bond donors (Lipinski definition) is 1. The molecule has 1 amide bonds. The standard InChI is InChI=1S/C17H18BrNO/c18-15-10-11-16(14-9-5-4-8-13(14)15)19-17(20)12-6-2-1-3-7-12/h4-5,8-12H,1-3,6-7H2,(H,19,20). The molecule has 0 aromatic heterocycles. The zero-order chi connectivity index (χ0) is 13.9. The molecule has 1 aliphatic rings. The van der Waals surface area contributed by atoms with E-state index in [1.807, 2.05) is 24.3 Å². The average molecular weight is 332 g/mol. The molecule has 0 heterocycles. The van der Waals surface area contributed by atoms with Crippen molar-refractivity contribution in [3.63, 3.8) is 0 Å². The summed E-state index contributed by atoms with van der Waals surface area (Å²) in [6.07, 6.45) is 5.68. The summed E-state index contributed by atoms with van der Waals surface area (Å²) in [5.41, 5.74) is 0.916. The Morgan fingerprint density at radius 3 is 2.45 bits per heavy atom. The Bertz CT molecular complexity index is 632. The second kappa shape index (κ2) is 5.96. The summed E-state index contributed by atoms with van der Waals surface area (Å²) in [5.74, 6) is 0.364. The number of anilines is 1. The zero-order valence-electron chi connectivity index (χ0n) is 11.4. The highest BCUT2D eigenvalue weighted by atomic mass is 79.9. The summed E-state index contributed by atoms with van der Waals surface area (Å²) in [7, 11) is 0. The Kier molecular flexibility index (Phi) is 4.06. The van der Waals surface area contributed by atoms with Gasteiger partial charge in [-0.2, -0.15) is 0 Å². The summed E-state index contributed by atoms with van der Waals surface area (Å²) in [6.45, 7) is 0. The van der Waals surface area contributed by atoms with Crippen molar-refractivity contribution < 1.29 is 4.79 Å². The number of fused-ring (bicyclic) bond motifs is 1. The highest BCUT2D eigenvalue weighted by Crippen LogP contribution is 2.31. The van der Waals surface area contributed by atoms with Crippen molar-refractivity contribution in [2.45, 2.75) is 32.1 Å². The minimum absolute atomic E-state index is 0.178. The molecule has 0 saturated heterocycles. The van der Waals surface area contributed by atoms with Crippen LogP contribution in [0.25, 0.3) is 10.8 Å². The van der Waals surface area contributed by atoms with Gasteiger partial charge in [-0.05, 0) is 30.4 Å². The lowest BCUT2D eigenvalue weighted by Gasteiger charge is -2.21. The van der Waals surface area contributed by atoms with Crippen LogP contribution in [0.4, 0.5) is 5.69 Å². The van der Waals surface area contributed by atoms with Crippen LogP contribution in [-0.4, -0.2) is 5.91 Å². The van der Waals surface area contributed by atoms with Gasteiger partial charge in [-0.1, -0.05) is 59.5 Å². The molecule has 3 heteroatoms. The second-order valence-corrected chi connectivity index (χ2v) is 6.32. The lowest BCUT2D eigenvalue weighted by Crippen LogP contribution is -2.24. The first-order valence-corrected chi connectivity index (χ1v) is 8.03. The summed E-state index contributed by atoms with van der Waals surface area (Å²) in [4.78, 5) is 12.4. The number of carbonyl (C=O) groups is 1. The fourth-order valence-corrected chi connectivity index (χ4v) is 3.45. The lowest BCUT2D eigenvalue weighted by atomic mass is 9.88. The number of nitrogens with one attached hydrogen (secondary N) is 1. The molecule has 2 nitrogen and oxygen atoms in total. The van der Waals surface area contributed by atoms with Crippen LogP contribution in [0.5, 0.6) is 0 Å². The van der Waals surface area contributed by atoms with E-state index in [0.717, 1.165) is 33.8 Å². The maximum atomic E-state index is 12.4. The van der Waals surface area contributed by atoms with Crippen molar-refractivity contribution in [1.29, 1.82) is 0 Å². The molecule has 0 unspecified atom stereocenters. The van der Waals surface area contributed by atoms with Gasteiger partial charge in [-0.15, -0.1) is 0 Å². The van der Waals surface area contributed by atoms with Crippen molar-refractivity contribution in [2.24, 2.45) is 5.92 Å². The monoisotopic (exact) mass is 331 g/mol. The van der Waals surface area contributed by atoms with Crippen molar-refractivity contribution in [3.05, 3.63) is 40.9 Å². The molecule has 0 atom stereocenters. The summed E-state index contributed by atoms with van der Waals surface area (Å²) in [5, 5.41) is 5.34. The Morgan fingerprint density at radius 2 is 1.70 bits per heavy atom. The molecule has 0 spiro atoms. The van der Waals surface area contributed by atoms with Crippen LogP contribution in [0.15, 0.2) is 40.9 Å². The van der Waals surface area contributed by atoms with Crippen molar-refractivity contribution in [1.82, 2.24) is 0 Å². The predicted octanol–water partition coefficient (Wildman–Crippen LogP) is 5.12. The van der Waals surface area contributed by atoms with Gasteiger partial charge in [-0.3, -0.25) is 4.79 Å². The Morgan fingerprint density at radius 1 is 1.00 bits per heavy atom. The van der Waals surface area contributed by atoms with Crippen LogP contribution < -0.4 is 5.32 Å². The summed E-state index contributed by atoms with van der Waals surface area (Å²) >= 11 is 3.56. The van der Waals surface area contributed by atoms with Gasteiger partial charge in [-0.25, -0.2) is 0 Å². The van der Waals surface area contributed by atoms with E-state index in [4.69, 9.17) is 0 Å². The summed E-state index contributed by atoms with van der Waals surface area (Å²) < 4.78 is 1.06. The van der Waals surface area contributed by atoms with E-state index in [-0.39, 0.29) is 11.8 Å². The van der Waals surface area contributed by atoms with Crippen molar-refractivity contribution in [2.75, 3.05) is 5.32 Å². The number of amides is 1. The van der Waals surface area contributed by atoms with E-state index in [9.17, 15) is 4.79 Å². The van der Waals surface area contributed by atoms with Gasteiger partial charge < -0.3 is 5.32 Å². The first kappa shape index (κ1) is 13.6. The molecule has 1 saturated carbocycles.